The van der Waals surface area contributed by atoms with Crippen LogP contribution >= 0.6 is 0 Å². The molecule has 3 aromatic rings. The molecule has 182 valence electrons. The molecule has 1 heterocycles. The highest BCUT2D eigenvalue weighted by atomic mass is 19.1. The van der Waals surface area contributed by atoms with Gasteiger partial charge in [-0.05, 0) is 47.5 Å². The third-order valence-corrected chi connectivity index (χ3v) is 6.10. The molecule has 7 nitrogen and oxygen atoms in total. The quantitative estimate of drug-likeness (QED) is 0.558. The van der Waals surface area contributed by atoms with Crippen LogP contribution in [0.3, 0.4) is 0 Å². The smallest absolute Gasteiger partial charge is 0.254 e. The normalized spacial score (nSPS) is 17.0. The molecule has 0 radical (unpaired) electrons. The second kappa shape index (κ2) is 9.61. The van der Waals surface area contributed by atoms with E-state index in [4.69, 9.17) is 14.2 Å². The zero-order valence-electron chi connectivity index (χ0n) is 19.6. The van der Waals surface area contributed by atoms with Gasteiger partial charge in [0.25, 0.3) is 5.91 Å². The number of amides is 2. The van der Waals surface area contributed by atoms with Crippen LogP contribution in [0.5, 0.6) is 17.2 Å². The fraction of sp³-hybridized carbons (Fsp3) is 0.231. The topological polar surface area (TPSA) is 77.1 Å². The summed E-state index contributed by atoms with van der Waals surface area (Å²) in [5, 5.41) is 2.56. The predicted molar refractivity (Wildman–Crippen MR) is 125 cm³/mol. The summed E-state index contributed by atoms with van der Waals surface area (Å²) in [5.74, 6) is -2.25. The lowest BCUT2D eigenvalue weighted by Crippen LogP contribution is -2.44. The minimum atomic E-state index is -0.953. The maximum atomic E-state index is 14.4. The fourth-order valence-electron chi connectivity index (χ4n) is 4.35. The van der Waals surface area contributed by atoms with E-state index in [1.54, 1.807) is 37.4 Å². The number of nitrogens with zero attached hydrogens (tertiary/aromatic N) is 1. The molecule has 1 aliphatic heterocycles. The number of fused-ring (bicyclic) bond motifs is 1. The molecule has 0 aliphatic carbocycles. The molecule has 3 aromatic carbocycles. The van der Waals surface area contributed by atoms with Gasteiger partial charge in [-0.25, -0.2) is 8.78 Å². The fourth-order valence-corrected chi connectivity index (χ4v) is 4.35. The number of anilines is 1. The van der Waals surface area contributed by atoms with E-state index in [2.05, 4.69) is 5.32 Å². The van der Waals surface area contributed by atoms with Crippen LogP contribution in [0.4, 0.5) is 14.5 Å². The molecule has 2 unspecified atom stereocenters. The number of ether oxygens (including phenoxy) is 3. The Bertz CT molecular complexity index is 1280. The van der Waals surface area contributed by atoms with Crippen molar-refractivity contribution in [1.82, 2.24) is 4.90 Å². The van der Waals surface area contributed by atoms with Crippen molar-refractivity contribution in [3.8, 4) is 17.2 Å². The monoisotopic (exact) mass is 482 g/mol. The van der Waals surface area contributed by atoms with Gasteiger partial charge in [-0.3, -0.25) is 9.59 Å². The van der Waals surface area contributed by atoms with Crippen LogP contribution in [-0.4, -0.2) is 45.1 Å². The molecule has 0 spiro atoms. The Hall–Kier alpha value is -4.14. The standard InChI is InChI=1S/C26H24F2N2O5/c1-30-24(14-5-8-16(33-2)9-6-14)23(25(31)29-20-10-7-15(27)11-19(20)28)17-12-21(34-3)22(35-4)13-18(17)26(30)32/h5-13,23-24H,1-4H3,(H,29,31). The summed E-state index contributed by atoms with van der Waals surface area (Å²) < 4.78 is 43.8. The van der Waals surface area contributed by atoms with Gasteiger partial charge in [0, 0.05) is 18.7 Å². The van der Waals surface area contributed by atoms with Crippen LogP contribution in [0.15, 0.2) is 54.6 Å². The van der Waals surface area contributed by atoms with Gasteiger partial charge in [0.15, 0.2) is 11.5 Å². The largest absolute Gasteiger partial charge is 0.497 e. The maximum Gasteiger partial charge on any atom is 0.254 e. The number of carbonyl (C=O) groups excluding carboxylic acids is 2. The number of rotatable bonds is 6. The van der Waals surface area contributed by atoms with Gasteiger partial charge in [0.2, 0.25) is 5.91 Å². The Labute approximate surface area is 201 Å². The molecule has 4 rings (SSSR count). The lowest BCUT2D eigenvalue weighted by molar-refractivity contribution is -0.119. The predicted octanol–water partition coefficient (Wildman–Crippen LogP) is 4.54. The highest BCUT2D eigenvalue weighted by Crippen LogP contribution is 2.46. The van der Waals surface area contributed by atoms with Crippen molar-refractivity contribution in [2.45, 2.75) is 12.0 Å². The second-order valence-corrected chi connectivity index (χ2v) is 8.02. The summed E-state index contributed by atoms with van der Waals surface area (Å²) >= 11 is 0. The Morgan fingerprint density at radius 1 is 0.914 bits per heavy atom. The first-order chi connectivity index (χ1) is 16.8. The van der Waals surface area contributed by atoms with Crippen molar-refractivity contribution in [1.29, 1.82) is 0 Å². The number of likely N-dealkylation sites (N-methyl/N-ethyl adjacent to an activating group) is 1. The van der Waals surface area contributed by atoms with E-state index in [0.717, 1.165) is 12.1 Å². The van der Waals surface area contributed by atoms with Gasteiger partial charge >= 0.3 is 0 Å². The van der Waals surface area contributed by atoms with Gasteiger partial charge in [-0.2, -0.15) is 0 Å². The molecule has 2 atom stereocenters. The van der Waals surface area contributed by atoms with E-state index in [0.29, 0.717) is 34.4 Å². The van der Waals surface area contributed by atoms with E-state index in [1.807, 2.05) is 0 Å². The van der Waals surface area contributed by atoms with Crippen molar-refractivity contribution in [2.75, 3.05) is 33.7 Å². The molecule has 0 bridgehead atoms. The van der Waals surface area contributed by atoms with E-state index in [-0.39, 0.29) is 17.2 Å². The van der Waals surface area contributed by atoms with E-state index in [1.165, 1.54) is 32.3 Å². The highest BCUT2D eigenvalue weighted by Gasteiger charge is 2.43. The van der Waals surface area contributed by atoms with Crippen LogP contribution in [0.1, 0.15) is 33.4 Å². The molecule has 1 N–H and O–H groups in total. The number of halogens is 2. The maximum absolute atomic E-state index is 14.4. The van der Waals surface area contributed by atoms with Gasteiger partial charge < -0.3 is 24.4 Å². The van der Waals surface area contributed by atoms with E-state index in [9.17, 15) is 18.4 Å². The summed E-state index contributed by atoms with van der Waals surface area (Å²) in [5.41, 5.74) is 1.15. The van der Waals surface area contributed by atoms with E-state index < -0.39 is 29.5 Å². The van der Waals surface area contributed by atoms with Crippen molar-refractivity contribution in [2.24, 2.45) is 0 Å². The van der Waals surface area contributed by atoms with Crippen molar-refractivity contribution >= 4 is 17.5 Å². The molecule has 9 heteroatoms. The van der Waals surface area contributed by atoms with Crippen LogP contribution in [0, 0.1) is 11.6 Å². The first-order valence-corrected chi connectivity index (χ1v) is 10.7. The van der Waals surface area contributed by atoms with Crippen LogP contribution < -0.4 is 19.5 Å². The lowest BCUT2D eigenvalue weighted by atomic mass is 9.79. The van der Waals surface area contributed by atoms with Crippen molar-refractivity contribution in [3.63, 3.8) is 0 Å². The number of nitrogens with one attached hydrogen (secondary N) is 1. The molecule has 0 aromatic heterocycles. The number of methoxy groups -OCH3 is 3. The van der Waals surface area contributed by atoms with Gasteiger partial charge in [-0.1, -0.05) is 12.1 Å². The summed E-state index contributed by atoms with van der Waals surface area (Å²) in [7, 11) is 6.03. The minimum Gasteiger partial charge on any atom is -0.497 e. The van der Waals surface area contributed by atoms with Gasteiger partial charge in [0.1, 0.15) is 17.4 Å². The summed E-state index contributed by atoms with van der Waals surface area (Å²) in [4.78, 5) is 28.5. The average Bonchev–Trinajstić information content (AvgIpc) is 2.86. The third kappa shape index (κ3) is 4.37. The summed E-state index contributed by atoms with van der Waals surface area (Å²) in [6.07, 6.45) is 0. The second-order valence-electron chi connectivity index (χ2n) is 8.02. The van der Waals surface area contributed by atoms with E-state index >= 15 is 0 Å². The Balaban J connectivity index is 1.87. The molecule has 2 amide bonds. The van der Waals surface area contributed by atoms with Crippen LogP contribution in [-0.2, 0) is 4.79 Å². The number of benzene rings is 3. The molecule has 0 saturated carbocycles. The van der Waals surface area contributed by atoms with Gasteiger partial charge in [0.05, 0.1) is 39.0 Å². The first-order valence-electron chi connectivity index (χ1n) is 10.7. The average molecular weight is 482 g/mol. The van der Waals surface area contributed by atoms with Crippen molar-refractivity contribution < 1.29 is 32.6 Å². The van der Waals surface area contributed by atoms with Crippen molar-refractivity contribution in [3.05, 3.63) is 82.9 Å². The zero-order valence-corrected chi connectivity index (χ0v) is 19.6. The Kier molecular flexibility index (Phi) is 6.59. The number of hydrogen-bond donors (Lipinski definition) is 1. The van der Waals surface area contributed by atoms with Crippen LogP contribution in [0.25, 0.3) is 0 Å². The summed E-state index contributed by atoms with van der Waals surface area (Å²) in [6, 6.07) is 12.2. The molecular weight excluding hydrogens is 458 g/mol. The van der Waals surface area contributed by atoms with Crippen LogP contribution in [0.2, 0.25) is 0 Å². The van der Waals surface area contributed by atoms with Gasteiger partial charge in [-0.15, -0.1) is 0 Å². The Morgan fingerprint density at radius 3 is 2.17 bits per heavy atom. The first kappa shape index (κ1) is 24.0. The highest BCUT2D eigenvalue weighted by molar-refractivity contribution is 6.05. The summed E-state index contributed by atoms with van der Waals surface area (Å²) in [6.45, 7) is 0. The number of carbonyl (C=O) groups is 2. The minimum absolute atomic E-state index is 0.175. The number of hydrogen-bond acceptors (Lipinski definition) is 5. The SMILES string of the molecule is COc1ccc(C2C(C(=O)Nc3ccc(F)cc3F)c3cc(OC)c(OC)cc3C(=O)N2C)cc1. The third-order valence-electron chi connectivity index (χ3n) is 6.10. The molecular formula is C26H24F2N2O5. The molecule has 0 saturated heterocycles. The molecule has 0 fully saturated rings. The lowest BCUT2D eigenvalue weighted by Gasteiger charge is -2.40. The molecule has 1 aliphatic rings. The molecule has 35 heavy (non-hydrogen) atoms. The zero-order chi connectivity index (χ0) is 25.3. The Morgan fingerprint density at radius 2 is 1.57 bits per heavy atom.